The average Bonchev–Trinajstić information content (AvgIpc) is 3.67. The zero-order chi connectivity index (χ0) is 35.7. The van der Waals surface area contributed by atoms with Crippen LogP contribution in [0.2, 0.25) is 0 Å². The van der Waals surface area contributed by atoms with Gasteiger partial charge in [-0.2, -0.15) is 5.10 Å². The minimum Gasteiger partial charge on any atom is -0.493 e. The Labute approximate surface area is 287 Å². The summed E-state index contributed by atoms with van der Waals surface area (Å²) in [5.41, 5.74) is 2.27. The number of benzene rings is 3. The smallest absolute Gasteiger partial charge is 0.338 e. The third kappa shape index (κ3) is 6.17. The Morgan fingerprint density at radius 3 is 2.36 bits per heavy atom. The van der Waals surface area contributed by atoms with Crippen molar-refractivity contribution >= 4 is 35.0 Å². The van der Waals surface area contributed by atoms with E-state index in [1.165, 1.54) is 51.0 Å². The van der Waals surface area contributed by atoms with E-state index in [-0.39, 0.29) is 33.0 Å². The molecule has 0 amide bonds. The first-order valence-corrected chi connectivity index (χ1v) is 15.8. The van der Waals surface area contributed by atoms with Gasteiger partial charge in [-0.1, -0.05) is 35.6 Å². The van der Waals surface area contributed by atoms with Crippen molar-refractivity contribution in [1.29, 1.82) is 0 Å². The second kappa shape index (κ2) is 13.6. The van der Waals surface area contributed by atoms with Crippen molar-refractivity contribution in [2.45, 2.75) is 19.9 Å². The fraction of sp³-hybridized carbons (Fsp3) is 0.171. The third-order valence-electron chi connectivity index (χ3n) is 7.88. The minimum atomic E-state index is -0.975. The molecule has 5 aromatic rings. The van der Waals surface area contributed by atoms with Crippen LogP contribution in [0.25, 0.3) is 23.0 Å². The molecule has 2 aromatic heterocycles. The van der Waals surface area contributed by atoms with Gasteiger partial charge in [-0.15, -0.1) is 0 Å². The number of hydrogen-bond acceptors (Lipinski definition) is 12. The molecule has 1 aliphatic heterocycles. The summed E-state index contributed by atoms with van der Waals surface area (Å²) in [6, 6.07) is 17.5. The number of para-hydroxylation sites is 1. The maximum atomic E-state index is 14.4. The second-order valence-electron chi connectivity index (χ2n) is 10.9. The van der Waals surface area contributed by atoms with Crippen molar-refractivity contribution in [2.24, 2.45) is 4.99 Å². The summed E-state index contributed by atoms with van der Waals surface area (Å²) in [6.45, 7) is 2.91. The van der Waals surface area contributed by atoms with Gasteiger partial charge >= 0.3 is 17.6 Å². The van der Waals surface area contributed by atoms with Crippen molar-refractivity contribution in [3.63, 3.8) is 0 Å². The standard InChI is InChI=1S/C35H29N5O9S/c1-19-30(34(43)48-5)32(22-12-14-27(49-20(2)41)28(16-22)47-4)39-33(42)29(50-35(39)36-19)17-23-18-38(24-9-7-6-8-10-24)37-31(23)21-11-13-26(46-3)25(15-21)40(44)45/h6-18,32H,1-5H3. The van der Waals surface area contributed by atoms with E-state index >= 15 is 0 Å². The molecule has 0 saturated heterocycles. The molecule has 14 nitrogen and oxygen atoms in total. The number of rotatable bonds is 9. The Morgan fingerprint density at radius 2 is 1.70 bits per heavy atom. The zero-order valence-corrected chi connectivity index (χ0v) is 28.2. The molecular formula is C35H29N5O9S. The molecule has 1 atom stereocenters. The molecule has 0 saturated carbocycles. The topological polar surface area (TPSA) is 166 Å². The van der Waals surface area contributed by atoms with E-state index in [0.717, 1.165) is 17.0 Å². The van der Waals surface area contributed by atoms with Crippen LogP contribution in [0.4, 0.5) is 5.69 Å². The van der Waals surface area contributed by atoms with Crippen molar-refractivity contribution in [2.75, 3.05) is 21.3 Å². The third-order valence-corrected chi connectivity index (χ3v) is 8.87. The molecular weight excluding hydrogens is 666 g/mol. The molecule has 50 heavy (non-hydrogen) atoms. The number of allylic oxidation sites excluding steroid dienone is 1. The van der Waals surface area contributed by atoms with E-state index < -0.39 is 28.5 Å². The lowest BCUT2D eigenvalue weighted by molar-refractivity contribution is -0.385. The van der Waals surface area contributed by atoms with Crippen LogP contribution in [0.1, 0.15) is 31.0 Å². The van der Waals surface area contributed by atoms with E-state index in [0.29, 0.717) is 32.9 Å². The van der Waals surface area contributed by atoms with Crippen molar-refractivity contribution < 1.29 is 33.5 Å². The maximum absolute atomic E-state index is 14.4. The van der Waals surface area contributed by atoms with Crippen LogP contribution in [0.5, 0.6) is 17.2 Å². The van der Waals surface area contributed by atoms with Gasteiger partial charge in [0, 0.05) is 30.3 Å². The number of carbonyl (C=O) groups is 2. The van der Waals surface area contributed by atoms with Gasteiger partial charge in [-0.25, -0.2) is 14.5 Å². The van der Waals surface area contributed by atoms with Gasteiger partial charge in [0.25, 0.3) is 5.56 Å². The fourth-order valence-electron chi connectivity index (χ4n) is 5.65. The summed E-state index contributed by atoms with van der Waals surface area (Å²) < 4.78 is 24.3. The van der Waals surface area contributed by atoms with E-state index in [4.69, 9.17) is 24.0 Å². The molecule has 0 N–H and O–H groups in total. The van der Waals surface area contributed by atoms with Crippen molar-refractivity contribution in [1.82, 2.24) is 14.3 Å². The van der Waals surface area contributed by atoms with Gasteiger partial charge in [-0.05, 0) is 55.0 Å². The SMILES string of the molecule is COC(=O)C1=C(C)N=c2sc(=Cc3cn(-c4ccccc4)nc3-c3ccc(OC)c([N+](=O)[O-])c3)c(=O)n2C1c1ccc(OC(C)=O)c(OC)c1. The predicted molar refractivity (Wildman–Crippen MR) is 182 cm³/mol. The first-order valence-electron chi connectivity index (χ1n) is 15.0. The molecule has 254 valence electrons. The Morgan fingerprint density at radius 1 is 0.980 bits per heavy atom. The number of nitrogens with zero attached hydrogens (tertiary/aromatic N) is 5. The first kappa shape index (κ1) is 33.5. The predicted octanol–water partition coefficient (Wildman–Crippen LogP) is 4.11. The number of fused-ring (bicyclic) bond motifs is 1. The van der Waals surface area contributed by atoms with Gasteiger partial charge in [-0.3, -0.25) is 24.3 Å². The van der Waals surface area contributed by atoms with Crippen LogP contribution in [-0.4, -0.2) is 52.5 Å². The second-order valence-corrected chi connectivity index (χ2v) is 11.9. The van der Waals surface area contributed by atoms with Crippen molar-refractivity contribution in [3.05, 3.63) is 125 Å². The molecule has 1 unspecified atom stereocenters. The van der Waals surface area contributed by atoms with Crippen LogP contribution in [0.15, 0.2) is 94.0 Å². The monoisotopic (exact) mass is 695 g/mol. The number of ether oxygens (including phenoxy) is 4. The molecule has 0 spiro atoms. The number of thiazole rings is 1. The normalized spacial score (nSPS) is 14.1. The molecule has 0 radical (unpaired) electrons. The Hall–Kier alpha value is -6.35. The van der Waals surface area contributed by atoms with E-state index in [9.17, 15) is 24.5 Å². The van der Waals surface area contributed by atoms with Gasteiger partial charge in [0.2, 0.25) is 0 Å². The summed E-state index contributed by atoms with van der Waals surface area (Å²) in [5.74, 6) is -0.760. The Kier molecular flexibility index (Phi) is 9.15. The zero-order valence-electron chi connectivity index (χ0n) is 27.4. The highest BCUT2D eigenvalue weighted by Crippen LogP contribution is 2.37. The van der Waals surface area contributed by atoms with Crippen molar-refractivity contribution in [3.8, 4) is 34.2 Å². The van der Waals surface area contributed by atoms with E-state index in [1.807, 2.05) is 30.3 Å². The number of nitro benzene ring substituents is 1. The number of esters is 2. The molecule has 3 aromatic carbocycles. The number of methoxy groups -OCH3 is 3. The van der Waals surface area contributed by atoms with Gasteiger partial charge < -0.3 is 18.9 Å². The number of nitro groups is 1. The van der Waals surface area contributed by atoms with Crippen LogP contribution < -0.4 is 29.1 Å². The van der Waals surface area contributed by atoms with E-state index in [1.54, 1.807) is 42.1 Å². The molecule has 0 bridgehead atoms. The Balaban J connectivity index is 1.57. The van der Waals surface area contributed by atoms with Crippen LogP contribution in [0, 0.1) is 10.1 Å². The lowest BCUT2D eigenvalue weighted by Gasteiger charge is -2.25. The van der Waals surface area contributed by atoms with Gasteiger partial charge in [0.05, 0.1) is 53.8 Å². The lowest BCUT2D eigenvalue weighted by atomic mass is 9.95. The highest BCUT2D eigenvalue weighted by atomic mass is 32.1. The first-order chi connectivity index (χ1) is 24.0. The number of aromatic nitrogens is 3. The largest absolute Gasteiger partial charge is 0.493 e. The Bertz CT molecular complexity index is 2390. The van der Waals surface area contributed by atoms with Crippen LogP contribution in [-0.2, 0) is 14.3 Å². The summed E-state index contributed by atoms with van der Waals surface area (Å²) in [6.07, 6.45) is 3.36. The molecule has 6 rings (SSSR count). The molecule has 15 heteroatoms. The maximum Gasteiger partial charge on any atom is 0.338 e. The minimum absolute atomic E-state index is 0.0883. The van der Waals surface area contributed by atoms with Crippen LogP contribution in [0.3, 0.4) is 0 Å². The average molecular weight is 696 g/mol. The molecule has 3 heterocycles. The molecule has 0 aliphatic carbocycles. The molecule has 0 fully saturated rings. The van der Waals surface area contributed by atoms with Gasteiger partial charge in [0.1, 0.15) is 5.69 Å². The van der Waals surface area contributed by atoms with E-state index in [2.05, 4.69) is 4.99 Å². The summed E-state index contributed by atoms with van der Waals surface area (Å²) >= 11 is 1.10. The summed E-state index contributed by atoms with van der Waals surface area (Å²) in [5, 5.41) is 16.6. The fourth-order valence-corrected chi connectivity index (χ4v) is 6.69. The number of carbonyl (C=O) groups excluding carboxylic acids is 2. The molecule has 1 aliphatic rings. The van der Waals surface area contributed by atoms with Gasteiger partial charge in [0.15, 0.2) is 22.0 Å². The lowest BCUT2D eigenvalue weighted by Crippen LogP contribution is -2.39. The summed E-state index contributed by atoms with van der Waals surface area (Å²) in [4.78, 5) is 55.5. The quantitative estimate of drug-likeness (QED) is 0.0948. The highest BCUT2D eigenvalue weighted by molar-refractivity contribution is 7.07. The highest BCUT2D eigenvalue weighted by Gasteiger charge is 2.34. The number of hydrogen-bond donors (Lipinski definition) is 0. The summed E-state index contributed by atoms with van der Waals surface area (Å²) in [7, 11) is 4.00. The van der Waals surface area contributed by atoms with Crippen LogP contribution >= 0.6 is 11.3 Å².